The van der Waals surface area contributed by atoms with Gasteiger partial charge >= 0.3 is 0 Å². The van der Waals surface area contributed by atoms with Crippen molar-refractivity contribution in [2.24, 2.45) is 0 Å². The number of carbonyl (C=O) groups excluding carboxylic acids is 1. The molecular weight excluding hydrogens is 277 g/mol. The predicted molar refractivity (Wildman–Crippen MR) is 77.3 cm³/mol. The fourth-order valence-corrected chi connectivity index (χ4v) is 2.30. The molecule has 0 aliphatic heterocycles. The third kappa shape index (κ3) is 2.17. The lowest BCUT2D eigenvalue weighted by atomic mass is 10.0. The second-order valence-electron chi connectivity index (χ2n) is 4.33. The highest BCUT2D eigenvalue weighted by Gasteiger charge is 2.13. The van der Waals surface area contributed by atoms with E-state index >= 15 is 0 Å². The van der Waals surface area contributed by atoms with Gasteiger partial charge in [0.1, 0.15) is 5.82 Å². The van der Waals surface area contributed by atoms with Crippen LogP contribution in [0.5, 0.6) is 0 Å². The van der Waals surface area contributed by atoms with Gasteiger partial charge in [0.15, 0.2) is 0 Å². The predicted octanol–water partition coefficient (Wildman–Crippen LogP) is 4.42. The molecule has 0 bridgehead atoms. The normalized spacial score (nSPS) is 10.7. The first kappa shape index (κ1) is 12.8. The maximum atomic E-state index is 13.9. The highest BCUT2D eigenvalue weighted by atomic mass is 35.5. The van der Waals surface area contributed by atoms with Crippen LogP contribution in [0, 0.1) is 5.82 Å². The number of nitrogens with zero attached hydrogens (tertiary/aromatic N) is 1. The standard InChI is InChI=1S/C16H9ClFNO/c17-16(20)12-9-15(11-6-1-3-7-13(11)18)19-14-8-4-2-5-10(12)14/h1-9H. The van der Waals surface area contributed by atoms with Gasteiger partial charge in [-0.15, -0.1) is 0 Å². The van der Waals surface area contributed by atoms with Gasteiger partial charge in [-0.2, -0.15) is 0 Å². The van der Waals surface area contributed by atoms with Gasteiger partial charge in [0.2, 0.25) is 0 Å². The summed E-state index contributed by atoms with van der Waals surface area (Å²) in [7, 11) is 0. The molecule has 0 saturated heterocycles. The molecule has 0 amide bonds. The second-order valence-corrected chi connectivity index (χ2v) is 4.67. The Kier molecular flexibility index (Phi) is 3.20. The number of para-hydroxylation sites is 1. The molecule has 3 rings (SSSR count). The van der Waals surface area contributed by atoms with Crippen LogP contribution in [0.15, 0.2) is 54.6 Å². The molecule has 0 unspecified atom stereocenters. The van der Waals surface area contributed by atoms with E-state index in [0.29, 0.717) is 27.7 Å². The Hall–Kier alpha value is -2.26. The fraction of sp³-hybridized carbons (Fsp3) is 0. The lowest BCUT2D eigenvalue weighted by Gasteiger charge is -2.07. The molecule has 0 N–H and O–H groups in total. The van der Waals surface area contributed by atoms with Crippen LogP contribution in [0.4, 0.5) is 4.39 Å². The SMILES string of the molecule is O=C(Cl)c1cc(-c2ccccc2F)nc2ccccc12. The molecule has 1 aromatic heterocycles. The Morgan fingerprint density at radius 3 is 2.50 bits per heavy atom. The topological polar surface area (TPSA) is 30.0 Å². The second kappa shape index (κ2) is 5.02. The molecular formula is C16H9ClFNO. The van der Waals surface area contributed by atoms with E-state index in [9.17, 15) is 9.18 Å². The average molecular weight is 286 g/mol. The van der Waals surface area contributed by atoms with Crippen LogP contribution in [-0.4, -0.2) is 10.2 Å². The number of hydrogen-bond donors (Lipinski definition) is 0. The molecule has 0 spiro atoms. The van der Waals surface area contributed by atoms with Crippen molar-refractivity contribution in [1.82, 2.24) is 4.98 Å². The molecule has 0 aliphatic carbocycles. The number of carbonyl (C=O) groups is 1. The molecule has 0 radical (unpaired) electrons. The summed E-state index contributed by atoms with van der Waals surface area (Å²) in [4.78, 5) is 16.0. The first-order valence-electron chi connectivity index (χ1n) is 6.01. The number of pyridine rings is 1. The Morgan fingerprint density at radius 2 is 1.75 bits per heavy atom. The minimum absolute atomic E-state index is 0.329. The zero-order valence-corrected chi connectivity index (χ0v) is 11.1. The van der Waals surface area contributed by atoms with Gasteiger partial charge in [-0.1, -0.05) is 30.3 Å². The number of fused-ring (bicyclic) bond motifs is 1. The molecule has 98 valence electrons. The van der Waals surface area contributed by atoms with E-state index in [-0.39, 0.29) is 5.82 Å². The van der Waals surface area contributed by atoms with Crippen molar-refractivity contribution in [1.29, 1.82) is 0 Å². The maximum absolute atomic E-state index is 13.9. The molecule has 0 fully saturated rings. The van der Waals surface area contributed by atoms with E-state index in [1.165, 1.54) is 12.1 Å². The van der Waals surface area contributed by atoms with E-state index in [1.807, 2.05) is 6.07 Å². The largest absolute Gasteiger partial charge is 0.276 e. The van der Waals surface area contributed by atoms with Crippen molar-refractivity contribution < 1.29 is 9.18 Å². The van der Waals surface area contributed by atoms with Crippen LogP contribution >= 0.6 is 11.6 Å². The quantitative estimate of drug-likeness (QED) is 0.652. The molecule has 2 nitrogen and oxygen atoms in total. The highest BCUT2D eigenvalue weighted by Crippen LogP contribution is 2.27. The summed E-state index contributed by atoms with van der Waals surface area (Å²) < 4.78 is 13.9. The van der Waals surface area contributed by atoms with E-state index in [2.05, 4.69) is 4.98 Å². The van der Waals surface area contributed by atoms with Crippen LogP contribution in [-0.2, 0) is 0 Å². The number of aromatic nitrogens is 1. The lowest BCUT2D eigenvalue weighted by molar-refractivity contribution is 0.108. The Bertz CT molecular complexity index is 816. The Balaban J connectivity index is 2.33. The zero-order chi connectivity index (χ0) is 14.1. The van der Waals surface area contributed by atoms with Crippen LogP contribution < -0.4 is 0 Å². The van der Waals surface area contributed by atoms with Gasteiger partial charge in [-0.3, -0.25) is 4.79 Å². The first-order valence-corrected chi connectivity index (χ1v) is 6.39. The van der Waals surface area contributed by atoms with Gasteiger partial charge < -0.3 is 0 Å². The smallest absolute Gasteiger partial charge is 0.253 e. The molecule has 2 aromatic carbocycles. The fourth-order valence-electron chi connectivity index (χ4n) is 2.14. The summed E-state index contributed by atoms with van der Waals surface area (Å²) in [5.41, 5.74) is 1.68. The molecule has 0 aliphatic rings. The van der Waals surface area contributed by atoms with Crippen molar-refractivity contribution in [2.45, 2.75) is 0 Å². The van der Waals surface area contributed by atoms with E-state index < -0.39 is 5.24 Å². The van der Waals surface area contributed by atoms with Gasteiger partial charge in [-0.25, -0.2) is 9.37 Å². The number of hydrogen-bond acceptors (Lipinski definition) is 2. The van der Waals surface area contributed by atoms with Crippen LogP contribution in [0.2, 0.25) is 0 Å². The molecule has 4 heteroatoms. The van der Waals surface area contributed by atoms with Gasteiger partial charge in [-0.05, 0) is 35.9 Å². The van der Waals surface area contributed by atoms with E-state index in [1.54, 1.807) is 36.4 Å². The van der Waals surface area contributed by atoms with Crippen molar-refractivity contribution >= 4 is 27.7 Å². The first-order chi connectivity index (χ1) is 9.66. The summed E-state index contributed by atoms with van der Waals surface area (Å²) >= 11 is 5.62. The minimum Gasteiger partial charge on any atom is -0.276 e. The summed E-state index contributed by atoms with van der Waals surface area (Å²) in [5, 5.41) is 0.0776. The zero-order valence-electron chi connectivity index (χ0n) is 10.3. The average Bonchev–Trinajstić information content (AvgIpc) is 2.46. The van der Waals surface area contributed by atoms with E-state index in [4.69, 9.17) is 11.6 Å². The van der Waals surface area contributed by atoms with Crippen molar-refractivity contribution in [3.8, 4) is 11.3 Å². The van der Waals surface area contributed by atoms with Crippen molar-refractivity contribution in [3.05, 3.63) is 66.0 Å². The maximum Gasteiger partial charge on any atom is 0.253 e. The van der Waals surface area contributed by atoms with Crippen LogP contribution in [0.25, 0.3) is 22.2 Å². The van der Waals surface area contributed by atoms with Gasteiger partial charge in [0.05, 0.1) is 11.2 Å². The molecule has 0 atom stereocenters. The lowest BCUT2D eigenvalue weighted by Crippen LogP contribution is -1.96. The van der Waals surface area contributed by atoms with Crippen molar-refractivity contribution in [3.63, 3.8) is 0 Å². The summed E-state index contributed by atoms with van der Waals surface area (Å²) in [6.45, 7) is 0. The Morgan fingerprint density at radius 1 is 1.05 bits per heavy atom. The number of rotatable bonds is 2. The molecule has 0 saturated carbocycles. The van der Waals surface area contributed by atoms with Gasteiger partial charge in [0.25, 0.3) is 5.24 Å². The summed E-state index contributed by atoms with van der Waals surface area (Å²) in [6, 6.07) is 15.0. The summed E-state index contributed by atoms with van der Waals surface area (Å²) in [6.07, 6.45) is 0. The van der Waals surface area contributed by atoms with Crippen LogP contribution in [0.3, 0.4) is 0 Å². The Labute approximate surface area is 119 Å². The minimum atomic E-state index is -0.582. The molecule has 1 heterocycles. The monoisotopic (exact) mass is 285 g/mol. The van der Waals surface area contributed by atoms with Gasteiger partial charge in [0, 0.05) is 16.5 Å². The van der Waals surface area contributed by atoms with Crippen LogP contribution in [0.1, 0.15) is 10.4 Å². The molecule has 3 aromatic rings. The summed E-state index contributed by atoms with van der Waals surface area (Å²) in [5.74, 6) is -0.386. The highest BCUT2D eigenvalue weighted by molar-refractivity contribution is 6.68. The number of halogens is 2. The third-order valence-corrected chi connectivity index (χ3v) is 3.28. The molecule has 20 heavy (non-hydrogen) atoms. The number of benzene rings is 2. The third-order valence-electron chi connectivity index (χ3n) is 3.08. The van der Waals surface area contributed by atoms with E-state index in [0.717, 1.165) is 0 Å². The van der Waals surface area contributed by atoms with Crippen molar-refractivity contribution in [2.75, 3.05) is 0 Å².